The fourth-order valence-corrected chi connectivity index (χ4v) is 2.31. The van der Waals surface area contributed by atoms with Crippen LogP contribution in [0.2, 0.25) is 0 Å². The number of anilines is 2. The number of nitrogens with one attached hydrogen (secondary N) is 2. The summed E-state index contributed by atoms with van der Waals surface area (Å²) in [6.45, 7) is 1.71. The van der Waals surface area contributed by atoms with Crippen molar-refractivity contribution in [2.24, 2.45) is 0 Å². The second-order valence-corrected chi connectivity index (χ2v) is 5.88. The normalized spacial score (nSPS) is 11.4. The number of alkyl halides is 3. The van der Waals surface area contributed by atoms with Crippen molar-refractivity contribution in [3.63, 3.8) is 0 Å². The molecule has 0 saturated carbocycles. The first kappa shape index (κ1) is 17.3. The number of hydrogen-bond acceptors (Lipinski definition) is 3. The van der Waals surface area contributed by atoms with Gasteiger partial charge in [-0.2, -0.15) is 18.3 Å². The summed E-state index contributed by atoms with van der Waals surface area (Å²) in [5.74, 6) is -0.608. The average molecular weight is 391 g/mol. The molecular formula is C14H14BrF3N4O. The zero-order valence-electron chi connectivity index (χ0n) is 12.5. The van der Waals surface area contributed by atoms with Crippen molar-refractivity contribution in [1.82, 2.24) is 10.2 Å². The molecule has 2 aromatic rings. The molecule has 0 aliphatic carbocycles. The Morgan fingerprint density at radius 1 is 1.35 bits per heavy atom. The number of aromatic amines is 1. The minimum absolute atomic E-state index is 0.0578. The molecule has 0 fully saturated rings. The predicted octanol–water partition coefficient (Wildman–Crippen LogP) is 3.82. The molecule has 0 aliphatic heterocycles. The number of rotatable bonds is 3. The van der Waals surface area contributed by atoms with E-state index in [2.05, 4.69) is 31.4 Å². The van der Waals surface area contributed by atoms with Gasteiger partial charge in [-0.05, 0) is 41.1 Å². The van der Waals surface area contributed by atoms with Gasteiger partial charge >= 0.3 is 6.18 Å². The van der Waals surface area contributed by atoms with Gasteiger partial charge in [0.2, 0.25) is 0 Å². The minimum Gasteiger partial charge on any atom is -0.376 e. The van der Waals surface area contributed by atoms with Crippen LogP contribution in [-0.2, 0) is 6.18 Å². The first-order valence-electron chi connectivity index (χ1n) is 6.51. The summed E-state index contributed by atoms with van der Waals surface area (Å²) in [5.41, 5.74) is 0.393. The Balaban J connectivity index is 2.40. The molecule has 0 aliphatic rings. The van der Waals surface area contributed by atoms with Gasteiger partial charge in [0.15, 0.2) is 5.69 Å². The summed E-state index contributed by atoms with van der Waals surface area (Å²) >= 11 is 3.21. The third kappa shape index (κ3) is 3.66. The SMILES string of the molecule is Cc1[nH]nc(C(=O)Nc2cc(C(F)(F)F)ccc2N(C)C)c1Br. The minimum atomic E-state index is -4.49. The van der Waals surface area contributed by atoms with Crippen molar-refractivity contribution in [2.75, 3.05) is 24.3 Å². The molecule has 2 rings (SSSR count). The lowest BCUT2D eigenvalue weighted by atomic mass is 10.1. The quantitative estimate of drug-likeness (QED) is 0.837. The van der Waals surface area contributed by atoms with Crippen LogP contribution in [0.4, 0.5) is 24.5 Å². The van der Waals surface area contributed by atoms with E-state index in [9.17, 15) is 18.0 Å². The molecule has 0 radical (unpaired) electrons. The van der Waals surface area contributed by atoms with Crippen LogP contribution < -0.4 is 10.2 Å². The van der Waals surface area contributed by atoms with Crippen LogP contribution in [0.15, 0.2) is 22.7 Å². The van der Waals surface area contributed by atoms with Crippen LogP contribution in [-0.4, -0.2) is 30.2 Å². The van der Waals surface area contributed by atoms with E-state index in [0.717, 1.165) is 12.1 Å². The maximum absolute atomic E-state index is 12.9. The molecule has 1 heterocycles. The van der Waals surface area contributed by atoms with Gasteiger partial charge in [0, 0.05) is 19.8 Å². The van der Waals surface area contributed by atoms with Crippen LogP contribution in [0.1, 0.15) is 21.7 Å². The number of carbonyl (C=O) groups excluding carboxylic acids is 1. The lowest BCUT2D eigenvalue weighted by molar-refractivity contribution is -0.137. The number of aromatic nitrogens is 2. The summed E-state index contributed by atoms with van der Waals surface area (Å²) in [6, 6.07) is 3.18. The molecule has 124 valence electrons. The number of benzene rings is 1. The molecule has 2 N–H and O–H groups in total. The molecule has 0 unspecified atom stereocenters. The van der Waals surface area contributed by atoms with E-state index >= 15 is 0 Å². The number of hydrogen-bond donors (Lipinski definition) is 2. The molecule has 0 atom stereocenters. The summed E-state index contributed by atoms with van der Waals surface area (Å²) < 4.78 is 39.1. The molecule has 23 heavy (non-hydrogen) atoms. The smallest absolute Gasteiger partial charge is 0.376 e. The highest BCUT2D eigenvalue weighted by Gasteiger charge is 2.31. The van der Waals surface area contributed by atoms with Crippen molar-refractivity contribution >= 4 is 33.2 Å². The Morgan fingerprint density at radius 3 is 2.48 bits per heavy atom. The van der Waals surface area contributed by atoms with Crippen molar-refractivity contribution in [3.05, 3.63) is 39.6 Å². The largest absolute Gasteiger partial charge is 0.416 e. The first-order chi connectivity index (χ1) is 10.6. The number of carbonyl (C=O) groups is 1. The van der Waals surface area contributed by atoms with Crippen molar-refractivity contribution in [1.29, 1.82) is 0 Å². The number of amides is 1. The summed E-state index contributed by atoms with van der Waals surface area (Å²) in [4.78, 5) is 13.9. The van der Waals surface area contributed by atoms with E-state index in [4.69, 9.17) is 0 Å². The van der Waals surface area contributed by atoms with Crippen molar-refractivity contribution in [3.8, 4) is 0 Å². The van der Waals surface area contributed by atoms with E-state index in [1.165, 1.54) is 6.07 Å². The molecule has 5 nitrogen and oxygen atoms in total. The standard InChI is InChI=1S/C14H14BrF3N4O/c1-7-11(15)12(21-20-7)13(23)19-9-6-8(14(16,17)18)4-5-10(9)22(2)3/h4-6H,1-3H3,(H,19,23)(H,20,21). The lowest BCUT2D eigenvalue weighted by Crippen LogP contribution is -2.18. The van der Waals surface area contributed by atoms with Crippen LogP contribution in [0.3, 0.4) is 0 Å². The Hall–Kier alpha value is -2.03. The molecule has 1 amide bonds. The first-order valence-corrected chi connectivity index (χ1v) is 7.31. The van der Waals surface area contributed by atoms with E-state index in [1.54, 1.807) is 25.9 Å². The molecular weight excluding hydrogens is 377 g/mol. The molecule has 1 aromatic carbocycles. The molecule has 1 aromatic heterocycles. The van der Waals surface area contributed by atoms with Gasteiger partial charge in [0.05, 0.1) is 21.4 Å². The molecule has 0 bridgehead atoms. The van der Waals surface area contributed by atoms with Gasteiger partial charge in [0.1, 0.15) is 0 Å². The van der Waals surface area contributed by atoms with Crippen LogP contribution >= 0.6 is 15.9 Å². The Labute approximate surface area is 139 Å². The third-order valence-electron chi connectivity index (χ3n) is 3.14. The lowest BCUT2D eigenvalue weighted by Gasteiger charge is -2.19. The highest BCUT2D eigenvalue weighted by molar-refractivity contribution is 9.10. The van der Waals surface area contributed by atoms with Gasteiger partial charge in [-0.25, -0.2) is 0 Å². The molecule has 0 spiro atoms. The Bertz CT molecular complexity index is 740. The number of H-pyrrole nitrogens is 1. The maximum atomic E-state index is 12.9. The number of nitrogens with zero attached hydrogens (tertiary/aromatic N) is 2. The van der Waals surface area contributed by atoms with Gasteiger partial charge in [0.25, 0.3) is 5.91 Å². The second-order valence-electron chi connectivity index (χ2n) is 5.09. The van der Waals surface area contributed by atoms with E-state index in [1.807, 2.05) is 0 Å². The fraction of sp³-hybridized carbons (Fsp3) is 0.286. The van der Waals surface area contributed by atoms with Crippen molar-refractivity contribution in [2.45, 2.75) is 13.1 Å². The molecule has 9 heteroatoms. The Morgan fingerprint density at radius 2 is 2.00 bits per heavy atom. The zero-order chi connectivity index (χ0) is 17.4. The van der Waals surface area contributed by atoms with Crippen LogP contribution in [0, 0.1) is 6.92 Å². The zero-order valence-corrected chi connectivity index (χ0v) is 14.1. The topological polar surface area (TPSA) is 61.0 Å². The number of halogens is 4. The predicted molar refractivity (Wildman–Crippen MR) is 84.7 cm³/mol. The highest BCUT2D eigenvalue weighted by atomic mass is 79.9. The second kappa shape index (κ2) is 6.23. The summed E-state index contributed by atoms with van der Waals surface area (Å²) in [7, 11) is 3.35. The van der Waals surface area contributed by atoms with Crippen LogP contribution in [0.5, 0.6) is 0 Å². The summed E-state index contributed by atoms with van der Waals surface area (Å²) in [5, 5.41) is 8.95. The van der Waals surface area contributed by atoms with Gasteiger partial charge in [-0.3, -0.25) is 9.89 Å². The fourth-order valence-electron chi connectivity index (χ4n) is 1.95. The number of aryl methyl sites for hydroxylation is 1. The van der Waals surface area contributed by atoms with Gasteiger partial charge in [-0.15, -0.1) is 0 Å². The van der Waals surface area contributed by atoms with E-state index in [0.29, 0.717) is 15.9 Å². The average Bonchev–Trinajstić information content (AvgIpc) is 2.77. The Kier molecular flexibility index (Phi) is 4.69. The van der Waals surface area contributed by atoms with Gasteiger partial charge < -0.3 is 10.2 Å². The van der Waals surface area contributed by atoms with E-state index < -0.39 is 17.6 Å². The summed E-state index contributed by atoms with van der Waals surface area (Å²) in [6.07, 6.45) is -4.49. The van der Waals surface area contributed by atoms with Crippen LogP contribution in [0.25, 0.3) is 0 Å². The third-order valence-corrected chi connectivity index (χ3v) is 4.11. The highest BCUT2D eigenvalue weighted by Crippen LogP contribution is 2.35. The monoisotopic (exact) mass is 390 g/mol. The molecule has 0 saturated heterocycles. The van der Waals surface area contributed by atoms with Crippen molar-refractivity contribution < 1.29 is 18.0 Å². The van der Waals surface area contributed by atoms with E-state index in [-0.39, 0.29) is 11.4 Å². The maximum Gasteiger partial charge on any atom is 0.416 e. The van der Waals surface area contributed by atoms with Gasteiger partial charge in [-0.1, -0.05) is 0 Å².